The normalized spacial score (nSPS) is 11.3. The van der Waals surface area contributed by atoms with Crippen LogP contribution in [0.3, 0.4) is 0 Å². The molecule has 0 radical (unpaired) electrons. The molecule has 0 spiro atoms. The molecule has 130 valence electrons. The molecule has 1 atom stereocenters. The molecule has 0 aromatic heterocycles. The van der Waals surface area contributed by atoms with Crippen LogP contribution < -0.4 is 10.6 Å². The van der Waals surface area contributed by atoms with Crippen LogP contribution in [0.4, 0.5) is 5.69 Å². The van der Waals surface area contributed by atoms with E-state index in [4.69, 9.17) is 16.3 Å². The summed E-state index contributed by atoms with van der Waals surface area (Å²) in [7, 11) is 0. The van der Waals surface area contributed by atoms with Crippen LogP contribution >= 0.6 is 11.6 Å². The van der Waals surface area contributed by atoms with E-state index in [0.29, 0.717) is 16.3 Å². The van der Waals surface area contributed by atoms with E-state index in [2.05, 4.69) is 10.6 Å². The number of carbonyl (C=O) groups is 3. The van der Waals surface area contributed by atoms with Gasteiger partial charge in [0.2, 0.25) is 0 Å². The van der Waals surface area contributed by atoms with Crippen LogP contribution in [0.2, 0.25) is 5.02 Å². The Morgan fingerprint density at radius 1 is 1.04 bits per heavy atom. The van der Waals surface area contributed by atoms with Gasteiger partial charge in [-0.3, -0.25) is 14.4 Å². The second-order valence-corrected chi connectivity index (χ2v) is 5.61. The Hall–Kier alpha value is -2.86. The topological polar surface area (TPSA) is 84.5 Å². The largest absolute Gasteiger partial charge is 0.451 e. The molecule has 2 rings (SSSR count). The van der Waals surface area contributed by atoms with E-state index < -0.39 is 23.9 Å². The van der Waals surface area contributed by atoms with Crippen LogP contribution in [0.15, 0.2) is 54.6 Å². The number of rotatable bonds is 6. The van der Waals surface area contributed by atoms with Gasteiger partial charge in [-0.1, -0.05) is 29.8 Å². The van der Waals surface area contributed by atoms with Crippen molar-refractivity contribution in [1.82, 2.24) is 5.32 Å². The molecular weight excluding hydrogens is 344 g/mol. The smallest absolute Gasteiger partial charge is 0.326 e. The molecule has 0 aliphatic rings. The summed E-state index contributed by atoms with van der Waals surface area (Å²) in [5.74, 6) is -1.60. The van der Waals surface area contributed by atoms with Gasteiger partial charge in [0.1, 0.15) is 6.54 Å². The zero-order chi connectivity index (χ0) is 18.2. The molecule has 0 unspecified atom stereocenters. The fourth-order valence-electron chi connectivity index (χ4n) is 1.91. The van der Waals surface area contributed by atoms with Gasteiger partial charge >= 0.3 is 5.97 Å². The highest BCUT2D eigenvalue weighted by molar-refractivity contribution is 6.30. The summed E-state index contributed by atoms with van der Waals surface area (Å²) in [6.07, 6.45) is -0.986. The molecular formula is C18H17ClN2O4. The molecule has 25 heavy (non-hydrogen) atoms. The molecule has 6 nitrogen and oxygen atoms in total. The Kier molecular flexibility index (Phi) is 6.54. The van der Waals surface area contributed by atoms with Gasteiger partial charge in [-0.25, -0.2) is 0 Å². The second-order valence-electron chi connectivity index (χ2n) is 5.18. The lowest BCUT2D eigenvalue weighted by Gasteiger charge is -2.14. The van der Waals surface area contributed by atoms with Crippen molar-refractivity contribution in [2.24, 2.45) is 0 Å². The molecule has 0 saturated carbocycles. The number of carbonyl (C=O) groups excluding carboxylic acids is 3. The Morgan fingerprint density at radius 2 is 1.68 bits per heavy atom. The van der Waals surface area contributed by atoms with Gasteiger partial charge in [-0.2, -0.15) is 0 Å². The van der Waals surface area contributed by atoms with Gasteiger partial charge in [0.05, 0.1) is 0 Å². The van der Waals surface area contributed by atoms with Crippen LogP contribution in [-0.4, -0.2) is 30.4 Å². The van der Waals surface area contributed by atoms with Crippen molar-refractivity contribution in [3.05, 3.63) is 65.2 Å². The average molecular weight is 361 g/mol. The number of hydrogen-bond acceptors (Lipinski definition) is 4. The number of anilines is 1. The lowest BCUT2D eigenvalue weighted by atomic mass is 10.2. The van der Waals surface area contributed by atoms with E-state index in [9.17, 15) is 14.4 Å². The first kappa shape index (κ1) is 18.5. The SMILES string of the molecule is C[C@@H](OC(=O)CNC(=O)c1ccc(Cl)cc1)C(=O)Nc1ccccc1. The second kappa shape index (κ2) is 8.84. The predicted molar refractivity (Wildman–Crippen MR) is 94.4 cm³/mol. The molecule has 2 aromatic carbocycles. The minimum absolute atomic E-state index is 0.343. The van der Waals surface area contributed by atoms with Gasteiger partial charge in [0.15, 0.2) is 6.10 Å². The quantitative estimate of drug-likeness (QED) is 0.775. The Labute approximate surface area is 150 Å². The van der Waals surface area contributed by atoms with Gasteiger partial charge in [-0.05, 0) is 43.3 Å². The highest BCUT2D eigenvalue weighted by Gasteiger charge is 2.18. The van der Waals surface area contributed by atoms with Crippen molar-refractivity contribution in [3.8, 4) is 0 Å². The first-order chi connectivity index (χ1) is 12.0. The van der Waals surface area contributed by atoms with Gasteiger partial charge in [0.25, 0.3) is 11.8 Å². The summed E-state index contributed by atoms with van der Waals surface area (Å²) < 4.78 is 5.00. The lowest BCUT2D eigenvalue weighted by Crippen LogP contribution is -2.35. The lowest BCUT2D eigenvalue weighted by molar-refractivity contribution is -0.152. The molecule has 0 heterocycles. The van der Waals surface area contributed by atoms with Crippen molar-refractivity contribution in [2.75, 3.05) is 11.9 Å². The van der Waals surface area contributed by atoms with Crippen molar-refractivity contribution >= 4 is 35.1 Å². The van der Waals surface area contributed by atoms with Crippen LogP contribution in [-0.2, 0) is 14.3 Å². The Balaban J connectivity index is 1.78. The number of hydrogen-bond donors (Lipinski definition) is 2. The fourth-order valence-corrected chi connectivity index (χ4v) is 2.04. The van der Waals surface area contributed by atoms with E-state index in [1.807, 2.05) is 6.07 Å². The number of esters is 1. The summed E-state index contributed by atoms with van der Waals surface area (Å²) in [6.45, 7) is 1.11. The number of nitrogens with one attached hydrogen (secondary N) is 2. The van der Waals surface area contributed by atoms with Crippen molar-refractivity contribution in [2.45, 2.75) is 13.0 Å². The number of benzene rings is 2. The molecule has 2 aromatic rings. The minimum Gasteiger partial charge on any atom is -0.451 e. The summed E-state index contributed by atoms with van der Waals surface area (Å²) >= 11 is 5.75. The number of para-hydroxylation sites is 1. The first-order valence-corrected chi connectivity index (χ1v) is 7.92. The Morgan fingerprint density at radius 3 is 2.32 bits per heavy atom. The van der Waals surface area contributed by atoms with Crippen molar-refractivity contribution < 1.29 is 19.1 Å². The highest BCUT2D eigenvalue weighted by Crippen LogP contribution is 2.09. The van der Waals surface area contributed by atoms with E-state index in [-0.39, 0.29) is 6.54 Å². The van der Waals surface area contributed by atoms with E-state index in [1.54, 1.807) is 48.5 Å². The summed E-state index contributed by atoms with van der Waals surface area (Å²) in [5, 5.41) is 5.56. The average Bonchev–Trinajstić information content (AvgIpc) is 2.61. The van der Waals surface area contributed by atoms with Crippen LogP contribution in [0, 0.1) is 0 Å². The molecule has 0 bridgehead atoms. The zero-order valence-corrected chi connectivity index (χ0v) is 14.2. The first-order valence-electron chi connectivity index (χ1n) is 7.55. The van der Waals surface area contributed by atoms with Gasteiger partial charge in [0, 0.05) is 16.3 Å². The maximum atomic E-state index is 12.0. The van der Waals surface area contributed by atoms with Gasteiger partial charge in [-0.15, -0.1) is 0 Å². The molecule has 2 amide bonds. The third kappa shape index (κ3) is 5.93. The third-order valence-corrected chi connectivity index (χ3v) is 3.47. The third-order valence-electron chi connectivity index (χ3n) is 3.22. The maximum absolute atomic E-state index is 12.0. The predicted octanol–water partition coefficient (Wildman–Crippen LogP) is 2.64. The zero-order valence-electron chi connectivity index (χ0n) is 13.5. The number of ether oxygens (including phenoxy) is 1. The molecule has 0 aliphatic heterocycles. The van der Waals surface area contributed by atoms with E-state index >= 15 is 0 Å². The fraction of sp³-hybridized carbons (Fsp3) is 0.167. The minimum atomic E-state index is -0.986. The molecule has 0 aliphatic carbocycles. The standard InChI is InChI=1S/C18H17ClN2O4/c1-12(17(23)21-15-5-3-2-4-6-15)25-16(22)11-20-18(24)13-7-9-14(19)10-8-13/h2-10,12H,11H2,1H3,(H,20,24)(H,21,23)/t12-/m1/s1. The Bertz CT molecular complexity index is 747. The molecule has 0 saturated heterocycles. The van der Waals surface area contributed by atoms with E-state index in [1.165, 1.54) is 6.92 Å². The van der Waals surface area contributed by atoms with Gasteiger partial charge < -0.3 is 15.4 Å². The molecule has 7 heteroatoms. The van der Waals surface area contributed by atoms with E-state index in [0.717, 1.165) is 0 Å². The van der Waals surface area contributed by atoms with Crippen molar-refractivity contribution in [1.29, 1.82) is 0 Å². The maximum Gasteiger partial charge on any atom is 0.326 e. The van der Waals surface area contributed by atoms with Crippen LogP contribution in [0.25, 0.3) is 0 Å². The number of halogens is 1. The summed E-state index contributed by atoms with van der Waals surface area (Å²) in [5.41, 5.74) is 0.971. The van der Waals surface area contributed by atoms with Crippen LogP contribution in [0.5, 0.6) is 0 Å². The molecule has 0 fully saturated rings. The summed E-state index contributed by atoms with van der Waals surface area (Å²) in [4.78, 5) is 35.6. The van der Waals surface area contributed by atoms with Crippen LogP contribution in [0.1, 0.15) is 17.3 Å². The van der Waals surface area contributed by atoms with Crippen molar-refractivity contribution in [3.63, 3.8) is 0 Å². The summed E-state index contributed by atoms with van der Waals surface area (Å²) in [6, 6.07) is 15.0. The monoisotopic (exact) mass is 360 g/mol. The number of amides is 2. The molecule has 2 N–H and O–H groups in total. The highest BCUT2D eigenvalue weighted by atomic mass is 35.5.